The molecule has 182 valence electrons. The van der Waals surface area contributed by atoms with Gasteiger partial charge >= 0.3 is 0 Å². The first-order chi connectivity index (χ1) is 15.8. The molecule has 2 aromatic rings. The second-order valence-electron chi connectivity index (χ2n) is 8.63. The number of amidine groups is 1. The number of aliphatic imine (C=N–C) groups is 1. The van der Waals surface area contributed by atoms with Crippen LogP contribution in [0, 0.1) is 5.82 Å². The molecule has 2 atom stereocenters. The van der Waals surface area contributed by atoms with Gasteiger partial charge in [-0.15, -0.1) is 0 Å². The maximum Gasteiger partial charge on any atom is 0.274 e. The number of carbonyl (C=O) groups excluding carboxylic acids is 1. The van der Waals surface area contributed by atoms with Crippen LogP contribution in [-0.2, 0) is 30.0 Å². The summed E-state index contributed by atoms with van der Waals surface area (Å²) in [6.45, 7) is 1.61. The van der Waals surface area contributed by atoms with Crippen molar-refractivity contribution in [2.75, 3.05) is 30.5 Å². The van der Waals surface area contributed by atoms with Crippen LogP contribution in [0.2, 0.25) is 0 Å². The third-order valence-electron chi connectivity index (χ3n) is 6.09. The minimum atomic E-state index is -3.83. The lowest BCUT2D eigenvalue weighted by Gasteiger charge is -2.39. The molecular formula is C21H23FN4O6S2. The van der Waals surface area contributed by atoms with Gasteiger partial charge in [0.1, 0.15) is 22.9 Å². The highest BCUT2D eigenvalue weighted by molar-refractivity contribution is 7.93. The number of halogens is 1. The standard InChI is InChI=1S/C21H23FN4O6S2/c1-20(12-34(30,31)21(19(23)26-20)7-8-32-11-21)15-9-13(3-5-16(15)22)25-18(27)17-6-4-14(10-24-17)33(2,28)29/h3-6,9-10H,7-8,11-12H2,1-2H3,(H2,23,26)(H,25,27)/t20-,21-/m0/s1. The minimum Gasteiger partial charge on any atom is -0.386 e. The SMILES string of the molecule is C[C@@]1(c2cc(NC(=O)c3ccc(S(C)(=O)=O)cn3)ccc2F)CS(=O)(=O)[C@]2(CCOC2)C(N)=N1. The van der Waals surface area contributed by atoms with Crippen LogP contribution >= 0.6 is 0 Å². The van der Waals surface area contributed by atoms with Crippen LogP contribution in [0.15, 0.2) is 46.4 Å². The lowest BCUT2D eigenvalue weighted by atomic mass is 9.92. The van der Waals surface area contributed by atoms with E-state index in [0.717, 1.165) is 18.5 Å². The van der Waals surface area contributed by atoms with Crippen LogP contribution in [0.25, 0.3) is 0 Å². The van der Waals surface area contributed by atoms with Crippen molar-refractivity contribution in [3.8, 4) is 0 Å². The van der Waals surface area contributed by atoms with Crippen molar-refractivity contribution in [2.45, 2.75) is 28.5 Å². The van der Waals surface area contributed by atoms with Crippen molar-refractivity contribution in [1.29, 1.82) is 0 Å². The normalized spacial score (nSPS) is 26.3. The number of carbonyl (C=O) groups is 1. The van der Waals surface area contributed by atoms with E-state index in [1.807, 2.05) is 0 Å². The zero-order valence-corrected chi connectivity index (χ0v) is 20.0. The van der Waals surface area contributed by atoms with E-state index in [9.17, 15) is 26.0 Å². The number of nitrogens with two attached hydrogens (primary N) is 1. The summed E-state index contributed by atoms with van der Waals surface area (Å²) in [6, 6.07) is 6.20. The molecule has 0 unspecified atom stereocenters. The Kier molecular flexibility index (Phi) is 5.77. The molecule has 0 bridgehead atoms. The van der Waals surface area contributed by atoms with Crippen LogP contribution < -0.4 is 11.1 Å². The van der Waals surface area contributed by atoms with Gasteiger partial charge in [-0.05, 0) is 43.7 Å². The predicted molar refractivity (Wildman–Crippen MR) is 123 cm³/mol. The highest BCUT2D eigenvalue weighted by Gasteiger charge is 2.57. The minimum absolute atomic E-state index is 0.0413. The van der Waals surface area contributed by atoms with Gasteiger partial charge in [0, 0.05) is 30.3 Å². The highest BCUT2D eigenvalue weighted by Crippen LogP contribution is 2.41. The van der Waals surface area contributed by atoms with Crippen molar-refractivity contribution >= 4 is 37.1 Å². The lowest BCUT2D eigenvalue weighted by Crippen LogP contribution is -2.58. The maximum atomic E-state index is 14.9. The molecule has 1 saturated heterocycles. The van der Waals surface area contributed by atoms with Crippen molar-refractivity contribution < 1.29 is 30.8 Å². The summed E-state index contributed by atoms with van der Waals surface area (Å²) < 4.78 is 68.2. The number of aromatic nitrogens is 1. The van der Waals surface area contributed by atoms with Gasteiger partial charge in [0.2, 0.25) is 0 Å². The average Bonchev–Trinajstić information content (AvgIpc) is 3.25. The molecule has 1 fully saturated rings. The van der Waals surface area contributed by atoms with Gasteiger partial charge in [0.25, 0.3) is 5.91 Å². The Labute approximate surface area is 196 Å². The predicted octanol–water partition coefficient (Wildman–Crippen LogP) is 1.04. The van der Waals surface area contributed by atoms with E-state index < -0.39 is 47.4 Å². The Morgan fingerprint density at radius 3 is 2.56 bits per heavy atom. The number of benzene rings is 1. The molecule has 1 spiro atoms. The molecule has 1 amide bonds. The summed E-state index contributed by atoms with van der Waals surface area (Å²) >= 11 is 0. The smallest absolute Gasteiger partial charge is 0.274 e. The van der Waals surface area contributed by atoms with E-state index in [-0.39, 0.29) is 47.3 Å². The van der Waals surface area contributed by atoms with Crippen LogP contribution in [0.5, 0.6) is 0 Å². The number of rotatable bonds is 4. The van der Waals surface area contributed by atoms with Crippen LogP contribution in [0.3, 0.4) is 0 Å². The summed E-state index contributed by atoms with van der Waals surface area (Å²) in [7, 11) is -7.31. The monoisotopic (exact) mass is 510 g/mol. The van der Waals surface area contributed by atoms with Crippen molar-refractivity contribution in [3.05, 3.63) is 53.6 Å². The first kappa shape index (κ1) is 24.2. The molecule has 2 aliphatic heterocycles. The van der Waals surface area contributed by atoms with E-state index in [4.69, 9.17) is 10.5 Å². The third-order valence-corrected chi connectivity index (χ3v) is 9.85. The van der Waals surface area contributed by atoms with Gasteiger partial charge < -0.3 is 15.8 Å². The maximum absolute atomic E-state index is 14.9. The van der Waals surface area contributed by atoms with Gasteiger partial charge in [-0.3, -0.25) is 9.79 Å². The number of hydrogen-bond donors (Lipinski definition) is 2. The van der Waals surface area contributed by atoms with Crippen molar-refractivity contribution in [2.24, 2.45) is 10.7 Å². The van der Waals surface area contributed by atoms with Crippen LogP contribution in [0.1, 0.15) is 29.4 Å². The number of nitrogens with one attached hydrogen (secondary N) is 1. The van der Waals surface area contributed by atoms with Gasteiger partial charge in [0.15, 0.2) is 24.4 Å². The van der Waals surface area contributed by atoms with Gasteiger partial charge in [-0.25, -0.2) is 26.2 Å². The average molecular weight is 511 g/mol. The fraction of sp³-hybridized carbons (Fsp3) is 0.381. The molecule has 1 aromatic carbocycles. The zero-order valence-electron chi connectivity index (χ0n) is 18.4. The molecular weight excluding hydrogens is 487 g/mol. The molecule has 13 heteroatoms. The fourth-order valence-electron chi connectivity index (χ4n) is 4.14. The lowest BCUT2D eigenvalue weighted by molar-refractivity contribution is 0.102. The first-order valence-corrected chi connectivity index (χ1v) is 13.8. The molecule has 3 N–H and O–H groups in total. The van der Waals surface area contributed by atoms with E-state index in [0.29, 0.717) is 0 Å². The number of hydrogen-bond acceptors (Lipinski definition) is 9. The summed E-state index contributed by atoms with van der Waals surface area (Å²) in [5.74, 6) is -1.97. The Bertz CT molecular complexity index is 1400. The summed E-state index contributed by atoms with van der Waals surface area (Å²) in [5.41, 5.74) is 4.65. The van der Waals surface area contributed by atoms with Crippen LogP contribution in [0.4, 0.5) is 10.1 Å². The Morgan fingerprint density at radius 2 is 2.00 bits per heavy atom. The second kappa shape index (κ2) is 8.10. The van der Waals surface area contributed by atoms with Gasteiger partial charge in [-0.1, -0.05) is 0 Å². The topological polar surface area (TPSA) is 158 Å². The van der Waals surface area contributed by atoms with Gasteiger partial charge in [-0.2, -0.15) is 0 Å². The Morgan fingerprint density at radius 1 is 1.26 bits per heavy atom. The molecule has 0 aliphatic carbocycles. The summed E-state index contributed by atoms with van der Waals surface area (Å²) in [5, 5.41) is 2.55. The van der Waals surface area contributed by atoms with E-state index in [1.165, 1.54) is 31.2 Å². The molecule has 1 aromatic heterocycles. The highest BCUT2D eigenvalue weighted by atomic mass is 32.2. The summed E-state index contributed by atoms with van der Waals surface area (Å²) in [6.07, 6.45) is 2.27. The number of ether oxygens (including phenoxy) is 1. The van der Waals surface area contributed by atoms with E-state index in [1.54, 1.807) is 0 Å². The van der Waals surface area contributed by atoms with Crippen molar-refractivity contribution in [1.82, 2.24) is 4.98 Å². The van der Waals surface area contributed by atoms with E-state index in [2.05, 4.69) is 15.3 Å². The number of pyridine rings is 1. The van der Waals surface area contributed by atoms with E-state index >= 15 is 0 Å². The quantitative estimate of drug-likeness (QED) is 0.617. The molecule has 0 saturated carbocycles. The first-order valence-electron chi connectivity index (χ1n) is 10.2. The largest absolute Gasteiger partial charge is 0.386 e. The Balaban J connectivity index is 1.65. The third kappa shape index (κ3) is 4.07. The van der Waals surface area contributed by atoms with Gasteiger partial charge in [0.05, 0.1) is 17.3 Å². The molecule has 10 nitrogen and oxygen atoms in total. The molecule has 4 rings (SSSR count). The molecule has 2 aliphatic rings. The fourth-order valence-corrected chi connectivity index (χ4v) is 6.96. The zero-order chi connectivity index (χ0) is 24.9. The number of anilines is 1. The number of amides is 1. The van der Waals surface area contributed by atoms with Crippen molar-refractivity contribution in [3.63, 3.8) is 0 Å². The second-order valence-corrected chi connectivity index (χ2v) is 12.9. The number of sulfone groups is 2. The Hall–Kier alpha value is -2.90. The molecule has 3 heterocycles. The number of nitrogens with zero attached hydrogens (tertiary/aromatic N) is 2. The molecule has 0 radical (unpaired) electrons. The van der Waals surface area contributed by atoms with Crippen LogP contribution in [-0.4, -0.2) is 63.5 Å². The summed E-state index contributed by atoms with van der Waals surface area (Å²) in [4.78, 5) is 20.8. The molecule has 34 heavy (non-hydrogen) atoms.